The molecule has 1 aliphatic rings. The van der Waals surface area contributed by atoms with Gasteiger partial charge >= 0.3 is 0 Å². The number of rotatable bonds is 5. The molecule has 0 radical (unpaired) electrons. The Morgan fingerprint density at radius 3 is 2.50 bits per heavy atom. The van der Waals surface area contributed by atoms with Crippen molar-refractivity contribution in [1.29, 1.82) is 0 Å². The average molecular weight is 274 g/mol. The first-order valence-corrected chi connectivity index (χ1v) is 7.78. The van der Waals surface area contributed by atoms with Gasteiger partial charge in [-0.3, -0.25) is 4.79 Å². The van der Waals surface area contributed by atoms with Crippen molar-refractivity contribution in [2.45, 2.75) is 39.0 Å². The second-order valence-corrected chi connectivity index (χ2v) is 5.68. The molecule has 1 fully saturated rings. The standard InChI is InChI=1S/C17H26N2O/c1-3-14(2)16-7-4-15(5-8-16)6-9-17(20)19-12-10-18-11-13-19/h4-5,7-8,14,18H,3,6,9-13H2,1-2H3. The summed E-state index contributed by atoms with van der Waals surface area (Å²) in [6.45, 7) is 8.02. The van der Waals surface area contributed by atoms with E-state index in [1.54, 1.807) is 0 Å². The van der Waals surface area contributed by atoms with Crippen molar-refractivity contribution in [2.24, 2.45) is 0 Å². The fourth-order valence-corrected chi connectivity index (χ4v) is 2.57. The minimum atomic E-state index is 0.289. The molecule has 1 atom stereocenters. The maximum absolute atomic E-state index is 12.1. The number of carbonyl (C=O) groups excluding carboxylic acids is 1. The van der Waals surface area contributed by atoms with Gasteiger partial charge in [0.2, 0.25) is 5.91 Å². The van der Waals surface area contributed by atoms with E-state index in [4.69, 9.17) is 0 Å². The van der Waals surface area contributed by atoms with Crippen molar-refractivity contribution in [3.05, 3.63) is 35.4 Å². The lowest BCUT2D eigenvalue weighted by Gasteiger charge is -2.27. The van der Waals surface area contributed by atoms with E-state index in [-0.39, 0.29) is 5.91 Å². The maximum Gasteiger partial charge on any atom is 0.222 e. The molecule has 1 heterocycles. The fraction of sp³-hybridized carbons (Fsp3) is 0.588. The number of nitrogens with one attached hydrogen (secondary N) is 1. The van der Waals surface area contributed by atoms with Gasteiger partial charge in [-0.2, -0.15) is 0 Å². The minimum absolute atomic E-state index is 0.289. The Kier molecular flexibility index (Phi) is 5.60. The number of amides is 1. The quantitative estimate of drug-likeness (QED) is 0.895. The van der Waals surface area contributed by atoms with Gasteiger partial charge in [-0.1, -0.05) is 38.1 Å². The van der Waals surface area contributed by atoms with Crippen LogP contribution in [0.15, 0.2) is 24.3 Å². The van der Waals surface area contributed by atoms with Gasteiger partial charge in [0.1, 0.15) is 0 Å². The number of benzene rings is 1. The Balaban J connectivity index is 1.82. The molecule has 3 nitrogen and oxygen atoms in total. The van der Waals surface area contributed by atoms with Gasteiger partial charge in [0.15, 0.2) is 0 Å². The summed E-state index contributed by atoms with van der Waals surface area (Å²) in [5, 5.41) is 3.27. The van der Waals surface area contributed by atoms with Crippen molar-refractivity contribution < 1.29 is 4.79 Å². The van der Waals surface area contributed by atoms with E-state index in [0.717, 1.165) is 32.6 Å². The molecule has 0 aromatic heterocycles. The van der Waals surface area contributed by atoms with Crippen LogP contribution in [-0.2, 0) is 11.2 Å². The summed E-state index contributed by atoms with van der Waals surface area (Å²) in [6.07, 6.45) is 2.65. The molecule has 1 N–H and O–H groups in total. The fourth-order valence-electron chi connectivity index (χ4n) is 2.57. The zero-order valence-electron chi connectivity index (χ0n) is 12.7. The van der Waals surface area contributed by atoms with Crippen LogP contribution in [0.4, 0.5) is 0 Å². The molecule has 1 saturated heterocycles. The molecule has 0 aliphatic carbocycles. The Hall–Kier alpha value is -1.35. The SMILES string of the molecule is CCC(C)c1ccc(CCC(=O)N2CCNCC2)cc1. The van der Waals surface area contributed by atoms with Crippen molar-refractivity contribution in [3.63, 3.8) is 0 Å². The van der Waals surface area contributed by atoms with Gasteiger partial charge < -0.3 is 10.2 Å². The van der Waals surface area contributed by atoms with Crippen LogP contribution in [0, 0.1) is 0 Å². The average Bonchev–Trinajstić information content (AvgIpc) is 2.53. The largest absolute Gasteiger partial charge is 0.340 e. The van der Waals surface area contributed by atoms with Crippen molar-refractivity contribution in [1.82, 2.24) is 10.2 Å². The predicted octanol–water partition coefficient (Wildman–Crippen LogP) is 2.56. The highest BCUT2D eigenvalue weighted by molar-refractivity contribution is 5.76. The Bertz CT molecular complexity index is 421. The van der Waals surface area contributed by atoms with Crippen molar-refractivity contribution in [3.8, 4) is 0 Å². The van der Waals surface area contributed by atoms with Crippen LogP contribution >= 0.6 is 0 Å². The van der Waals surface area contributed by atoms with Gasteiger partial charge in [0.05, 0.1) is 0 Å². The Labute approximate surface area is 122 Å². The lowest BCUT2D eigenvalue weighted by atomic mass is 9.97. The first kappa shape index (κ1) is 15.0. The number of piperazine rings is 1. The third kappa shape index (κ3) is 4.07. The number of hydrogen-bond donors (Lipinski definition) is 1. The van der Waals surface area contributed by atoms with E-state index in [9.17, 15) is 4.79 Å². The van der Waals surface area contributed by atoms with Gasteiger partial charge in [-0.25, -0.2) is 0 Å². The predicted molar refractivity (Wildman–Crippen MR) is 82.9 cm³/mol. The molecule has 20 heavy (non-hydrogen) atoms. The van der Waals surface area contributed by atoms with Crippen LogP contribution in [0.25, 0.3) is 0 Å². The minimum Gasteiger partial charge on any atom is -0.340 e. The summed E-state index contributed by atoms with van der Waals surface area (Å²) in [6, 6.07) is 8.76. The molecule has 2 rings (SSSR count). The van der Waals surface area contributed by atoms with Crippen molar-refractivity contribution in [2.75, 3.05) is 26.2 Å². The van der Waals surface area contributed by atoms with E-state index >= 15 is 0 Å². The molecule has 0 bridgehead atoms. The Morgan fingerprint density at radius 2 is 1.90 bits per heavy atom. The van der Waals surface area contributed by atoms with Crippen LogP contribution in [-0.4, -0.2) is 37.0 Å². The zero-order valence-corrected chi connectivity index (χ0v) is 12.7. The monoisotopic (exact) mass is 274 g/mol. The number of hydrogen-bond acceptors (Lipinski definition) is 2. The lowest BCUT2D eigenvalue weighted by molar-refractivity contribution is -0.131. The molecule has 0 spiro atoms. The topological polar surface area (TPSA) is 32.3 Å². The highest BCUT2D eigenvalue weighted by Gasteiger charge is 2.15. The molecule has 1 aromatic carbocycles. The molecular weight excluding hydrogens is 248 g/mol. The summed E-state index contributed by atoms with van der Waals surface area (Å²) in [7, 11) is 0. The third-order valence-electron chi connectivity index (χ3n) is 4.26. The second-order valence-electron chi connectivity index (χ2n) is 5.68. The summed E-state index contributed by atoms with van der Waals surface area (Å²) in [4.78, 5) is 14.1. The molecular formula is C17H26N2O. The molecule has 1 amide bonds. The summed E-state index contributed by atoms with van der Waals surface area (Å²) < 4.78 is 0. The molecule has 1 unspecified atom stereocenters. The van der Waals surface area contributed by atoms with E-state index in [1.807, 2.05) is 4.90 Å². The Morgan fingerprint density at radius 1 is 1.25 bits per heavy atom. The summed E-state index contributed by atoms with van der Waals surface area (Å²) in [5.41, 5.74) is 2.66. The maximum atomic E-state index is 12.1. The van der Waals surface area contributed by atoms with Gasteiger partial charge in [-0.05, 0) is 29.9 Å². The first-order chi connectivity index (χ1) is 9.70. The van der Waals surface area contributed by atoms with Crippen molar-refractivity contribution >= 4 is 5.91 Å². The van der Waals surface area contributed by atoms with Crippen LogP contribution in [0.1, 0.15) is 43.7 Å². The normalized spacial score (nSPS) is 17.0. The van der Waals surface area contributed by atoms with E-state index < -0.39 is 0 Å². The number of aryl methyl sites for hydroxylation is 1. The smallest absolute Gasteiger partial charge is 0.222 e. The molecule has 110 valence electrons. The summed E-state index contributed by atoms with van der Waals surface area (Å²) >= 11 is 0. The van der Waals surface area contributed by atoms with E-state index in [1.165, 1.54) is 17.5 Å². The number of nitrogens with zero attached hydrogens (tertiary/aromatic N) is 1. The third-order valence-corrected chi connectivity index (χ3v) is 4.26. The van der Waals surface area contributed by atoms with Gasteiger partial charge in [0.25, 0.3) is 0 Å². The lowest BCUT2D eigenvalue weighted by Crippen LogP contribution is -2.46. The molecule has 3 heteroatoms. The van der Waals surface area contributed by atoms with Gasteiger partial charge in [-0.15, -0.1) is 0 Å². The molecule has 1 aliphatic heterocycles. The second kappa shape index (κ2) is 7.44. The highest BCUT2D eigenvalue weighted by Crippen LogP contribution is 2.19. The molecule has 1 aromatic rings. The first-order valence-electron chi connectivity index (χ1n) is 7.78. The zero-order chi connectivity index (χ0) is 14.4. The van der Waals surface area contributed by atoms with Crippen LogP contribution in [0.3, 0.4) is 0 Å². The van der Waals surface area contributed by atoms with Crippen LogP contribution in [0.5, 0.6) is 0 Å². The van der Waals surface area contributed by atoms with E-state index in [2.05, 4.69) is 43.4 Å². The van der Waals surface area contributed by atoms with E-state index in [0.29, 0.717) is 12.3 Å². The van der Waals surface area contributed by atoms with Crippen LogP contribution in [0.2, 0.25) is 0 Å². The molecule has 0 saturated carbocycles. The number of carbonyl (C=O) groups is 1. The summed E-state index contributed by atoms with van der Waals surface area (Å²) in [5.74, 6) is 0.907. The van der Waals surface area contributed by atoms with Crippen LogP contribution < -0.4 is 5.32 Å². The van der Waals surface area contributed by atoms with Gasteiger partial charge in [0, 0.05) is 32.6 Å². The highest BCUT2D eigenvalue weighted by atomic mass is 16.2.